The van der Waals surface area contributed by atoms with E-state index < -0.39 is 0 Å². The van der Waals surface area contributed by atoms with Crippen LogP contribution in [0.1, 0.15) is 34.9 Å². The first-order chi connectivity index (χ1) is 5.33. The van der Waals surface area contributed by atoms with E-state index in [0.717, 1.165) is 16.5 Å². The molecule has 1 fully saturated rings. The summed E-state index contributed by atoms with van der Waals surface area (Å²) in [5, 5.41) is 6.71. The molecule has 0 unspecified atom stereocenters. The highest BCUT2D eigenvalue weighted by Crippen LogP contribution is 2.42. The van der Waals surface area contributed by atoms with Crippen molar-refractivity contribution < 1.29 is 4.79 Å². The molecule has 0 atom stereocenters. The summed E-state index contributed by atoms with van der Waals surface area (Å²) in [6.45, 7) is 0. The zero-order chi connectivity index (χ0) is 7.84. The molecule has 4 heteroatoms. The molecule has 1 aliphatic carbocycles. The number of hydrogen-bond donors (Lipinski definition) is 1. The maximum Gasteiger partial charge on any atom is 0.171 e. The lowest BCUT2D eigenvalue weighted by atomic mass is 10.3. The second-order valence-corrected chi connectivity index (χ2v) is 3.52. The minimum atomic E-state index is 0.479. The maximum absolute atomic E-state index is 10.4. The van der Waals surface area contributed by atoms with Crippen molar-refractivity contribution in [1.29, 1.82) is 0 Å². The fraction of sp³-hybridized carbons (Fsp3) is 0.429. The molecule has 1 aromatic rings. The third kappa shape index (κ3) is 1.11. The number of aromatic amines is 1. The van der Waals surface area contributed by atoms with Crippen LogP contribution in [0.5, 0.6) is 0 Å². The monoisotopic (exact) mass is 214 g/mol. The summed E-state index contributed by atoms with van der Waals surface area (Å²) in [6, 6.07) is 0. The van der Waals surface area contributed by atoms with Crippen LogP contribution in [0, 0.1) is 0 Å². The maximum atomic E-state index is 10.4. The molecule has 0 bridgehead atoms. The first-order valence-electron chi connectivity index (χ1n) is 3.52. The molecule has 2 rings (SSSR count). The Morgan fingerprint density at radius 3 is 2.82 bits per heavy atom. The van der Waals surface area contributed by atoms with Crippen molar-refractivity contribution >= 4 is 22.2 Å². The Balaban J connectivity index is 2.40. The number of carbonyl (C=O) groups excluding carboxylic acids is 1. The molecular weight excluding hydrogens is 208 g/mol. The Morgan fingerprint density at radius 1 is 1.64 bits per heavy atom. The number of halogens is 1. The van der Waals surface area contributed by atoms with Gasteiger partial charge in [-0.05, 0) is 28.8 Å². The van der Waals surface area contributed by atoms with Gasteiger partial charge in [0, 0.05) is 5.92 Å². The molecule has 0 aliphatic heterocycles. The molecule has 0 aromatic carbocycles. The van der Waals surface area contributed by atoms with Crippen LogP contribution in [0.15, 0.2) is 4.47 Å². The van der Waals surface area contributed by atoms with Crippen LogP contribution in [-0.2, 0) is 0 Å². The predicted molar refractivity (Wildman–Crippen MR) is 43.7 cm³/mol. The van der Waals surface area contributed by atoms with E-state index in [4.69, 9.17) is 0 Å². The van der Waals surface area contributed by atoms with Crippen molar-refractivity contribution in [3.63, 3.8) is 0 Å². The van der Waals surface area contributed by atoms with E-state index in [1.165, 1.54) is 12.8 Å². The van der Waals surface area contributed by atoms with Crippen LogP contribution in [0.3, 0.4) is 0 Å². The number of aromatic nitrogens is 2. The highest BCUT2D eigenvalue weighted by molar-refractivity contribution is 9.10. The zero-order valence-electron chi connectivity index (χ0n) is 5.80. The Morgan fingerprint density at radius 2 is 2.36 bits per heavy atom. The third-order valence-electron chi connectivity index (χ3n) is 1.86. The fourth-order valence-electron chi connectivity index (χ4n) is 1.08. The van der Waals surface area contributed by atoms with Crippen molar-refractivity contribution in [1.82, 2.24) is 10.2 Å². The van der Waals surface area contributed by atoms with Gasteiger partial charge in [-0.1, -0.05) is 0 Å². The van der Waals surface area contributed by atoms with Crippen LogP contribution in [-0.4, -0.2) is 16.5 Å². The Bertz CT molecular complexity index is 291. The molecule has 0 spiro atoms. The second kappa shape index (κ2) is 2.44. The first kappa shape index (κ1) is 7.03. The first-order valence-corrected chi connectivity index (χ1v) is 4.31. The van der Waals surface area contributed by atoms with Crippen LogP contribution in [0.2, 0.25) is 0 Å². The van der Waals surface area contributed by atoms with Crippen molar-refractivity contribution in [2.24, 2.45) is 0 Å². The van der Waals surface area contributed by atoms with Gasteiger partial charge in [-0.25, -0.2) is 0 Å². The van der Waals surface area contributed by atoms with Gasteiger partial charge >= 0.3 is 0 Å². The van der Waals surface area contributed by atoms with E-state index in [0.29, 0.717) is 11.6 Å². The topological polar surface area (TPSA) is 45.8 Å². The Hall–Kier alpha value is -0.640. The molecule has 0 saturated heterocycles. The number of H-pyrrole nitrogens is 1. The van der Waals surface area contributed by atoms with E-state index in [1.807, 2.05) is 0 Å². The van der Waals surface area contributed by atoms with Crippen LogP contribution in [0.4, 0.5) is 0 Å². The van der Waals surface area contributed by atoms with Crippen LogP contribution >= 0.6 is 15.9 Å². The van der Waals surface area contributed by atoms with Crippen molar-refractivity contribution in [3.05, 3.63) is 15.9 Å². The van der Waals surface area contributed by atoms with Crippen molar-refractivity contribution in [3.8, 4) is 0 Å². The quantitative estimate of drug-likeness (QED) is 0.765. The fourth-order valence-corrected chi connectivity index (χ4v) is 1.67. The number of aldehydes is 1. The molecule has 0 radical (unpaired) electrons. The van der Waals surface area contributed by atoms with E-state index in [-0.39, 0.29) is 0 Å². The van der Waals surface area contributed by atoms with Crippen molar-refractivity contribution in [2.45, 2.75) is 18.8 Å². The predicted octanol–water partition coefficient (Wildman–Crippen LogP) is 1.86. The van der Waals surface area contributed by atoms with E-state index in [2.05, 4.69) is 26.1 Å². The number of nitrogens with one attached hydrogen (secondary N) is 1. The Kier molecular flexibility index (Phi) is 1.56. The molecule has 58 valence electrons. The highest BCUT2D eigenvalue weighted by atomic mass is 79.9. The summed E-state index contributed by atoms with van der Waals surface area (Å²) in [6.07, 6.45) is 3.17. The summed E-state index contributed by atoms with van der Waals surface area (Å²) >= 11 is 3.33. The van der Waals surface area contributed by atoms with Gasteiger partial charge in [-0.3, -0.25) is 9.89 Å². The molecule has 1 N–H and O–H groups in total. The standard InChI is InChI=1S/C7H7BrN2O/c8-6-5(3-11)9-10-7(6)4-1-2-4/h3-4H,1-2H2,(H,9,10). The summed E-state index contributed by atoms with van der Waals surface area (Å²) in [4.78, 5) is 10.4. The minimum absolute atomic E-state index is 0.479. The average Bonchev–Trinajstić information content (AvgIpc) is 2.77. The summed E-state index contributed by atoms with van der Waals surface area (Å²) in [5.41, 5.74) is 1.55. The molecule has 1 heterocycles. The SMILES string of the molecule is O=Cc1n[nH]c(C2CC2)c1Br. The minimum Gasteiger partial charge on any atom is -0.296 e. The van der Waals surface area contributed by atoms with E-state index >= 15 is 0 Å². The summed E-state index contributed by atoms with van der Waals surface area (Å²) < 4.78 is 0.843. The van der Waals surface area contributed by atoms with Gasteiger partial charge in [0.1, 0.15) is 5.69 Å². The lowest BCUT2D eigenvalue weighted by molar-refractivity contribution is 0.111. The summed E-state index contributed by atoms with van der Waals surface area (Å²) in [7, 11) is 0. The normalized spacial score (nSPS) is 16.8. The van der Waals surface area contributed by atoms with Crippen LogP contribution < -0.4 is 0 Å². The number of rotatable bonds is 2. The Labute approximate surface area is 72.3 Å². The largest absolute Gasteiger partial charge is 0.296 e. The molecular formula is C7H7BrN2O. The molecule has 0 amide bonds. The zero-order valence-corrected chi connectivity index (χ0v) is 7.39. The van der Waals surface area contributed by atoms with E-state index in [1.54, 1.807) is 0 Å². The lowest BCUT2D eigenvalue weighted by Crippen LogP contribution is -1.79. The number of carbonyl (C=O) groups is 1. The molecule has 1 aromatic heterocycles. The molecule has 11 heavy (non-hydrogen) atoms. The van der Waals surface area contributed by atoms with Gasteiger partial charge in [-0.2, -0.15) is 5.10 Å². The molecule has 3 nitrogen and oxygen atoms in total. The number of hydrogen-bond acceptors (Lipinski definition) is 2. The highest BCUT2D eigenvalue weighted by Gasteiger charge is 2.28. The van der Waals surface area contributed by atoms with Crippen molar-refractivity contribution in [2.75, 3.05) is 0 Å². The smallest absolute Gasteiger partial charge is 0.171 e. The average molecular weight is 215 g/mol. The van der Waals surface area contributed by atoms with Gasteiger partial charge in [0.05, 0.1) is 10.2 Å². The van der Waals surface area contributed by atoms with Gasteiger partial charge in [0.25, 0.3) is 0 Å². The van der Waals surface area contributed by atoms with E-state index in [9.17, 15) is 4.79 Å². The molecule has 1 saturated carbocycles. The van der Waals surface area contributed by atoms with Gasteiger partial charge in [0.15, 0.2) is 6.29 Å². The van der Waals surface area contributed by atoms with Gasteiger partial charge in [-0.15, -0.1) is 0 Å². The second-order valence-electron chi connectivity index (χ2n) is 2.73. The van der Waals surface area contributed by atoms with Gasteiger partial charge in [0.2, 0.25) is 0 Å². The summed E-state index contributed by atoms with van der Waals surface area (Å²) in [5.74, 6) is 0.602. The van der Waals surface area contributed by atoms with Gasteiger partial charge < -0.3 is 0 Å². The molecule has 1 aliphatic rings. The third-order valence-corrected chi connectivity index (χ3v) is 2.69. The van der Waals surface area contributed by atoms with Crippen LogP contribution in [0.25, 0.3) is 0 Å². The lowest BCUT2D eigenvalue weighted by Gasteiger charge is -1.89. The number of nitrogens with zero attached hydrogens (tertiary/aromatic N) is 1.